The van der Waals surface area contributed by atoms with Gasteiger partial charge >= 0.3 is 0 Å². The molecule has 222 valence electrons. The molecule has 1 saturated carbocycles. The van der Waals surface area contributed by atoms with E-state index in [1.807, 2.05) is 6.07 Å². The van der Waals surface area contributed by atoms with Crippen LogP contribution in [0.25, 0.3) is 0 Å². The van der Waals surface area contributed by atoms with Crippen LogP contribution >= 0.6 is 0 Å². The van der Waals surface area contributed by atoms with E-state index in [0.29, 0.717) is 35.5 Å². The zero-order valence-electron chi connectivity index (χ0n) is 25.4. The molecule has 8 rings (SSSR count). The molecular formula is C35H45FN6. The number of aromatic nitrogens is 2. The Labute approximate surface area is 249 Å². The number of nitrogens with two attached hydrogens (primary N) is 1. The van der Waals surface area contributed by atoms with Crippen molar-refractivity contribution < 1.29 is 4.39 Å². The van der Waals surface area contributed by atoms with Gasteiger partial charge in [0.05, 0.1) is 11.3 Å². The van der Waals surface area contributed by atoms with Gasteiger partial charge in [-0.15, -0.1) is 0 Å². The van der Waals surface area contributed by atoms with Crippen molar-refractivity contribution in [1.29, 1.82) is 5.26 Å². The normalized spacial score (nSPS) is 33.1. The number of hydrogen-bond acceptors (Lipinski definition) is 6. The molecule has 0 amide bonds. The van der Waals surface area contributed by atoms with E-state index >= 15 is 0 Å². The van der Waals surface area contributed by atoms with Gasteiger partial charge in [0, 0.05) is 53.7 Å². The highest BCUT2D eigenvalue weighted by Crippen LogP contribution is 2.55. The molecule has 1 aromatic carbocycles. The maximum Gasteiger partial charge on any atom is 0.135 e. The zero-order valence-corrected chi connectivity index (χ0v) is 25.4. The fourth-order valence-corrected chi connectivity index (χ4v) is 10.0. The van der Waals surface area contributed by atoms with Gasteiger partial charge in [-0.25, -0.2) is 14.4 Å². The molecule has 4 heterocycles. The standard InChI is InChI=1S/C35H45FN6/c1-22-8-12-34(31-25(22)6-7-28(38)27(31)18-37)13-9-26-29(17-34)39-30(10-14-35-11-3-15-42(35)19-24(36)16-35)40-32(26)41-20-33(2,21-41)23-4-5-23/h6-7,22-24H,3-5,8-17,19-21,38H2,1-2H3. The van der Waals surface area contributed by atoms with Gasteiger partial charge in [-0.1, -0.05) is 19.9 Å². The minimum Gasteiger partial charge on any atom is -0.398 e. The van der Waals surface area contributed by atoms with Crippen LogP contribution in [0.4, 0.5) is 15.9 Å². The van der Waals surface area contributed by atoms with Gasteiger partial charge in [-0.05, 0) is 106 Å². The van der Waals surface area contributed by atoms with Crippen molar-refractivity contribution in [3.05, 3.63) is 45.9 Å². The van der Waals surface area contributed by atoms with Crippen LogP contribution < -0.4 is 10.6 Å². The Bertz CT molecular complexity index is 1470. The van der Waals surface area contributed by atoms with Crippen LogP contribution in [0.5, 0.6) is 0 Å². The largest absolute Gasteiger partial charge is 0.398 e. The second kappa shape index (κ2) is 9.39. The van der Waals surface area contributed by atoms with Crippen molar-refractivity contribution in [1.82, 2.24) is 14.9 Å². The highest BCUT2D eigenvalue weighted by atomic mass is 19.1. The number of nitrogen functional groups attached to an aromatic ring is 1. The number of anilines is 2. The van der Waals surface area contributed by atoms with E-state index in [1.165, 1.54) is 41.6 Å². The predicted molar refractivity (Wildman–Crippen MR) is 163 cm³/mol. The summed E-state index contributed by atoms with van der Waals surface area (Å²) in [5, 5.41) is 10.2. The summed E-state index contributed by atoms with van der Waals surface area (Å²) in [6.07, 6.45) is 11.7. The van der Waals surface area contributed by atoms with Gasteiger partial charge < -0.3 is 10.6 Å². The summed E-state index contributed by atoms with van der Waals surface area (Å²) in [6.45, 7) is 8.53. The van der Waals surface area contributed by atoms with Gasteiger partial charge in [0.15, 0.2) is 0 Å². The van der Waals surface area contributed by atoms with Crippen LogP contribution in [0, 0.1) is 22.7 Å². The summed E-state index contributed by atoms with van der Waals surface area (Å²) >= 11 is 0. The van der Waals surface area contributed by atoms with Crippen LogP contribution in [0.3, 0.4) is 0 Å². The molecule has 1 spiro atoms. The maximum absolute atomic E-state index is 14.5. The van der Waals surface area contributed by atoms with Crippen LogP contribution in [-0.2, 0) is 24.7 Å². The number of benzene rings is 1. The first-order valence-corrected chi connectivity index (χ1v) is 16.6. The lowest BCUT2D eigenvalue weighted by Crippen LogP contribution is -2.57. The smallest absolute Gasteiger partial charge is 0.135 e. The third kappa shape index (κ3) is 4.03. The van der Waals surface area contributed by atoms with Crippen LogP contribution in [0.15, 0.2) is 12.1 Å². The van der Waals surface area contributed by atoms with Gasteiger partial charge in [-0.2, -0.15) is 5.26 Å². The minimum atomic E-state index is -0.707. The summed E-state index contributed by atoms with van der Waals surface area (Å²) < 4.78 is 14.5. The molecule has 3 aliphatic carbocycles. The van der Waals surface area contributed by atoms with Crippen LogP contribution in [-0.4, -0.2) is 52.8 Å². The molecule has 1 aromatic heterocycles. The molecule has 4 unspecified atom stereocenters. The topological polar surface area (TPSA) is 82.1 Å². The van der Waals surface area contributed by atoms with Crippen molar-refractivity contribution in [3.8, 4) is 6.07 Å². The van der Waals surface area contributed by atoms with Gasteiger partial charge in [0.1, 0.15) is 23.9 Å². The Kier molecular flexibility index (Phi) is 6.01. The fraction of sp³-hybridized carbons (Fsp3) is 0.686. The summed E-state index contributed by atoms with van der Waals surface area (Å²) in [5.41, 5.74) is 13.0. The van der Waals surface area contributed by atoms with Crippen molar-refractivity contribution in [2.75, 3.05) is 36.8 Å². The summed E-state index contributed by atoms with van der Waals surface area (Å²) in [6, 6.07) is 6.60. The molecule has 3 aliphatic heterocycles. The lowest BCUT2D eigenvalue weighted by molar-refractivity contribution is 0.181. The molecule has 42 heavy (non-hydrogen) atoms. The first kappa shape index (κ1) is 26.9. The molecule has 4 atom stereocenters. The average molecular weight is 569 g/mol. The lowest BCUT2D eigenvalue weighted by Gasteiger charge is -2.51. The maximum atomic E-state index is 14.5. The number of hydrogen-bond donors (Lipinski definition) is 1. The molecular weight excluding hydrogens is 523 g/mol. The molecule has 6 aliphatic rings. The number of nitriles is 1. The van der Waals surface area contributed by atoms with Crippen molar-refractivity contribution in [3.63, 3.8) is 0 Å². The lowest BCUT2D eigenvalue weighted by atomic mass is 9.59. The number of halogens is 1. The Balaban J connectivity index is 1.16. The van der Waals surface area contributed by atoms with E-state index < -0.39 is 6.17 Å². The summed E-state index contributed by atoms with van der Waals surface area (Å²) in [5.74, 6) is 3.39. The number of rotatable bonds is 5. The molecule has 2 aromatic rings. The third-order valence-corrected chi connectivity index (χ3v) is 12.5. The molecule has 0 bridgehead atoms. The molecule has 6 nitrogen and oxygen atoms in total. The van der Waals surface area contributed by atoms with Gasteiger partial charge in [0.2, 0.25) is 0 Å². The van der Waals surface area contributed by atoms with Crippen molar-refractivity contribution in [2.24, 2.45) is 11.3 Å². The number of fused-ring (bicyclic) bond motifs is 4. The van der Waals surface area contributed by atoms with E-state index in [-0.39, 0.29) is 11.0 Å². The third-order valence-electron chi connectivity index (χ3n) is 12.5. The van der Waals surface area contributed by atoms with E-state index in [0.717, 1.165) is 88.6 Å². The van der Waals surface area contributed by atoms with Crippen LogP contribution in [0.2, 0.25) is 0 Å². The number of alkyl halides is 1. The molecule has 7 heteroatoms. The highest BCUT2D eigenvalue weighted by Gasteiger charge is 2.52. The summed E-state index contributed by atoms with van der Waals surface area (Å²) in [4.78, 5) is 15.6. The first-order chi connectivity index (χ1) is 20.2. The predicted octanol–water partition coefficient (Wildman–Crippen LogP) is 6.00. The second-order valence-corrected chi connectivity index (χ2v) is 15.3. The Hall–Kier alpha value is -2.72. The molecule has 0 radical (unpaired) electrons. The first-order valence-electron chi connectivity index (χ1n) is 16.6. The molecule has 4 fully saturated rings. The van der Waals surface area contributed by atoms with Crippen molar-refractivity contribution in [2.45, 2.75) is 114 Å². The van der Waals surface area contributed by atoms with E-state index in [4.69, 9.17) is 15.7 Å². The molecule has 2 N–H and O–H groups in total. The fourth-order valence-electron chi connectivity index (χ4n) is 10.0. The monoisotopic (exact) mass is 568 g/mol. The Morgan fingerprint density at radius 2 is 1.98 bits per heavy atom. The molecule has 3 saturated heterocycles. The number of nitrogens with zero attached hydrogens (tertiary/aromatic N) is 5. The van der Waals surface area contributed by atoms with Gasteiger partial charge in [-0.3, -0.25) is 4.90 Å². The van der Waals surface area contributed by atoms with Gasteiger partial charge in [0.25, 0.3) is 0 Å². The minimum absolute atomic E-state index is 0.0148. The zero-order chi connectivity index (χ0) is 28.9. The highest BCUT2D eigenvalue weighted by molar-refractivity contribution is 5.65. The summed E-state index contributed by atoms with van der Waals surface area (Å²) in [7, 11) is 0. The average Bonchev–Trinajstić information content (AvgIpc) is 3.68. The Morgan fingerprint density at radius 1 is 1.14 bits per heavy atom. The van der Waals surface area contributed by atoms with Crippen molar-refractivity contribution >= 4 is 11.5 Å². The second-order valence-electron chi connectivity index (χ2n) is 15.3. The number of aryl methyl sites for hydroxylation is 1. The van der Waals surface area contributed by atoms with E-state index in [1.54, 1.807) is 0 Å². The SMILES string of the molecule is CC1CCC2(CCc3c(nc(CCC45CCCN4CC(F)C5)nc3N3CC(C)(C4CC4)C3)C2)c2c1ccc(N)c2C#N. The van der Waals surface area contributed by atoms with E-state index in [9.17, 15) is 9.65 Å². The van der Waals surface area contributed by atoms with Crippen LogP contribution in [0.1, 0.15) is 111 Å². The Morgan fingerprint density at radius 3 is 2.76 bits per heavy atom. The van der Waals surface area contributed by atoms with E-state index in [2.05, 4.69) is 35.8 Å². The quantitative estimate of drug-likeness (QED) is 0.446.